The third kappa shape index (κ3) is 2.14. The number of hydrogen-bond donors (Lipinski definition) is 2. The molecular weight excluding hydrogens is 149 g/mol. The van der Waals surface area contributed by atoms with Crippen molar-refractivity contribution in [1.82, 2.24) is 10.6 Å². The number of hydrogen-bond acceptors (Lipinski definition) is 3. The van der Waals surface area contributed by atoms with Crippen molar-refractivity contribution in [2.75, 3.05) is 0 Å². The first-order valence-electron chi connectivity index (χ1n) is 2.41. The third-order valence-electron chi connectivity index (χ3n) is 0.773. The van der Waals surface area contributed by atoms with Crippen molar-refractivity contribution in [3.63, 3.8) is 0 Å². The van der Waals surface area contributed by atoms with Crippen LogP contribution in [0.2, 0.25) is 0 Å². The van der Waals surface area contributed by atoms with Crippen molar-refractivity contribution in [2.24, 2.45) is 0 Å². The number of rotatable bonds is 1. The fraction of sp³-hybridized carbons (Fsp3) is 0.500. The lowest BCUT2D eigenvalue weighted by atomic mass is 10.9. The van der Waals surface area contributed by atoms with E-state index in [9.17, 15) is 13.2 Å². The van der Waals surface area contributed by atoms with Gasteiger partial charge >= 0.3 is 6.36 Å². The minimum atomic E-state index is -4.62. The highest BCUT2D eigenvalue weighted by Crippen LogP contribution is 2.17. The van der Waals surface area contributed by atoms with Crippen LogP contribution >= 0.6 is 0 Å². The van der Waals surface area contributed by atoms with Crippen molar-refractivity contribution in [2.45, 2.75) is 12.7 Å². The zero-order valence-electron chi connectivity index (χ0n) is 4.70. The quantitative estimate of drug-likeness (QED) is 0.567. The van der Waals surface area contributed by atoms with Gasteiger partial charge in [0.15, 0.2) is 0 Å². The molecule has 0 fully saturated rings. The minimum Gasteiger partial charge on any atom is -0.347 e. The van der Waals surface area contributed by atoms with Crippen LogP contribution < -0.4 is 10.6 Å². The molecule has 1 heterocycles. The third-order valence-corrected chi connectivity index (χ3v) is 0.773. The number of ether oxygens (including phenoxy) is 1. The lowest BCUT2D eigenvalue weighted by Gasteiger charge is -2.14. The Morgan fingerprint density at radius 2 is 2.20 bits per heavy atom. The monoisotopic (exact) mass is 153 g/mol. The second-order valence-electron chi connectivity index (χ2n) is 1.54. The van der Waals surface area contributed by atoms with Crippen molar-refractivity contribution >= 4 is 0 Å². The van der Waals surface area contributed by atoms with Gasteiger partial charge in [0.2, 0.25) is 6.35 Å². The van der Waals surface area contributed by atoms with Crippen molar-refractivity contribution < 1.29 is 17.9 Å². The van der Waals surface area contributed by atoms with Crippen LogP contribution in [0.3, 0.4) is 0 Å². The summed E-state index contributed by atoms with van der Waals surface area (Å²) in [6, 6.07) is 0. The second kappa shape index (κ2) is 2.37. The SMILES string of the molecule is FC(F)(F)OC1N[C]=CN1. The van der Waals surface area contributed by atoms with Crippen LogP contribution in [0, 0.1) is 6.20 Å². The Bertz CT molecular complexity index is 136. The molecule has 10 heavy (non-hydrogen) atoms. The van der Waals surface area contributed by atoms with Gasteiger partial charge < -0.3 is 10.6 Å². The Morgan fingerprint density at radius 1 is 1.50 bits per heavy atom. The van der Waals surface area contributed by atoms with E-state index in [0.29, 0.717) is 0 Å². The highest BCUT2D eigenvalue weighted by atomic mass is 19.4. The normalized spacial score (nSPS) is 18.7. The minimum absolute atomic E-state index is 1.20. The molecule has 1 unspecified atom stereocenters. The molecule has 1 rings (SSSR count). The van der Waals surface area contributed by atoms with E-state index in [4.69, 9.17) is 0 Å². The first-order chi connectivity index (χ1) is 4.58. The van der Waals surface area contributed by atoms with Crippen LogP contribution in [0.5, 0.6) is 0 Å². The van der Waals surface area contributed by atoms with Gasteiger partial charge in [-0.05, 0) is 0 Å². The van der Waals surface area contributed by atoms with E-state index in [1.807, 2.05) is 0 Å². The number of alkyl halides is 3. The number of nitrogens with one attached hydrogen (secondary N) is 2. The summed E-state index contributed by atoms with van der Waals surface area (Å²) in [5.41, 5.74) is 0. The molecule has 57 valence electrons. The maximum absolute atomic E-state index is 11.4. The summed E-state index contributed by atoms with van der Waals surface area (Å²) in [6.45, 7) is 0. The topological polar surface area (TPSA) is 33.3 Å². The Kier molecular flexibility index (Phi) is 1.71. The first kappa shape index (κ1) is 7.20. The van der Waals surface area contributed by atoms with E-state index in [0.717, 1.165) is 0 Å². The molecule has 0 amide bonds. The standard InChI is InChI=1S/C4H4F3N2O/c5-4(6,7)10-3-8-1-2-9-3/h1,3,8-9H. The summed E-state index contributed by atoms with van der Waals surface area (Å²) in [6.07, 6.45) is -2.37. The lowest BCUT2D eigenvalue weighted by Crippen LogP contribution is -2.38. The van der Waals surface area contributed by atoms with Crippen LogP contribution in [0.1, 0.15) is 0 Å². The Labute approximate surface area is 54.8 Å². The Balaban J connectivity index is 2.26. The highest BCUT2D eigenvalue weighted by molar-refractivity contribution is 4.79. The van der Waals surface area contributed by atoms with Gasteiger partial charge in [0, 0.05) is 6.20 Å². The van der Waals surface area contributed by atoms with Crippen molar-refractivity contribution in [1.29, 1.82) is 0 Å². The van der Waals surface area contributed by atoms with E-state index in [2.05, 4.69) is 21.6 Å². The summed E-state index contributed by atoms with van der Waals surface area (Å²) in [5, 5.41) is 4.38. The van der Waals surface area contributed by atoms with E-state index in [-0.39, 0.29) is 0 Å². The lowest BCUT2D eigenvalue weighted by molar-refractivity contribution is -0.346. The highest BCUT2D eigenvalue weighted by Gasteiger charge is 2.33. The van der Waals surface area contributed by atoms with Gasteiger partial charge in [0.05, 0.1) is 6.20 Å². The molecule has 1 atom stereocenters. The van der Waals surface area contributed by atoms with Crippen LogP contribution in [0.4, 0.5) is 13.2 Å². The van der Waals surface area contributed by atoms with Gasteiger partial charge in [-0.15, -0.1) is 13.2 Å². The van der Waals surface area contributed by atoms with E-state index >= 15 is 0 Å². The molecule has 1 radical (unpaired) electrons. The average Bonchev–Trinajstić information content (AvgIpc) is 2.12. The van der Waals surface area contributed by atoms with E-state index in [1.165, 1.54) is 6.20 Å². The van der Waals surface area contributed by atoms with Crippen LogP contribution in [-0.4, -0.2) is 12.7 Å². The molecule has 0 saturated carbocycles. The molecule has 0 saturated heterocycles. The largest absolute Gasteiger partial charge is 0.525 e. The summed E-state index contributed by atoms with van der Waals surface area (Å²) in [4.78, 5) is 0. The predicted molar refractivity (Wildman–Crippen MR) is 25.0 cm³/mol. The molecule has 0 bridgehead atoms. The molecule has 1 aliphatic heterocycles. The summed E-state index contributed by atoms with van der Waals surface area (Å²) >= 11 is 0. The summed E-state index contributed by atoms with van der Waals surface area (Å²) in [7, 11) is 0. The Morgan fingerprint density at radius 3 is 2.60 bits per heavy atom. The molecule has 0 aromatic heterocycles. The molecule has 0 aliphatic carbocycles. The van der Waals surface area contributed by atoms with Gasteiger partial charge in [-0.2, -0.15) is 0 Å². The molecular formula is C4H4F3N2O. The fourth-order valence-electron chi connectivity index (χ4n) is 0.473. The van der Waals surface area contributed by atoms with E-state index < -0.39 is 12.7 Å². The first-order valence-corrected chi connectivity index (χ1v) is 2.41. The molecule has 0 spiro atoms. The van der Waals surface area contributed by atoms with Gasteiger partial charge in [-0.3, -0.25) is 0 Å². The van der Waals surface area contributed by atoms with Gasteiger partial charge in [0.25, 0.3) is 0 Å². The zero-order valence-corrected chi connectivity index (χ0v) is 4.70. The van der Waals surface area contributed by atoms with Crippen LogP contribution in [-0.2, 0) is 4.74 Å². The fourth-order valence-corrected chi connectivity index (χ4v) is 0.473. The summed E-state index contributed by atoms with van der Waals surface area (Å²) in [5.74, 6) is 0. The zero-order chi connectivity index (χ0) is 7.61. The molecule has 6 heteroatoms. The predicted octanol–water partition coefficient (Wildman–Crippen LogP) is 0.274. The van der Waals surface area contributed by atoms with Crippen LogP contribution in [0.25, 0.3) is 0 Å². The molecule has 0 aromatic carbocycles. The molecule has 3 nitrogen and oxygen atoms in total. The maximum Gasteiger partial charge on any atom is 0.525 e. The molecule has 1 aliphatic rings. The Hall–Kier alpha value is -0.910. The van der Waals surface area contributed by atoms with Gasteiger partial charge in [0.1, 0.15) is 0 Å². The smallest absolute Gasteiger partial charge is 0.347 e. The van der Waals surface area contributed by atoms with Crippen molar-refractivity contribution in [3.8, 4) is 0 Å². The second-order valence-corrected chi connectivity index (χ2v) is 1.54. The van der Waals surface area contributed by atoms with Gasteiger partial charge in [-0.1, -0.05) is 0 Å². The van der Waals surface area contributed by atoms with Crippen molar-refractivity contribution in [3.05, 3.63) is 12.4 Å². The molecule has 0 aromatic rings. The average molecular weight is 153 g/mol. The number of halogens is 3. The molecule has 2 N–H and O–H groups in total. The van der Waals surface area contributed by atoms with Gasteiger partial charge in [-0.25, -0.2) is 4.74 Å². The maximum atomic E-state index is 11.4. The summed E-state index contributed by atoms with van der Waals surface area (Å²) < 4.78 is 37.6. The van der Waals surface area contributed by atoms with Crippen LogP contribution in [0.15, 0.2) is 6.20 Å². The van der Waals surface area contributed by atoms with E-state index in [1.54, 1.807) is 0 Å².